The third-order valence-corrected chi connectivity index (χ3v) is 5.07. The highest BCUT2D eigenvalue weighted by atomic mass is 35.5. The minimum Gasteiger partial charge on any atom is -0.331 e. The van der Waals surface area contributed by atoms with Crippen LogP contribution >= 0.6 is 23.8 Å². The number of nitrogens with zero attached hydrogens (tertiary/aromatic N) is 2. The number of H-pyrrole nitrogens is 1. The highest BCUT2D eigenvalue weighted by Crippen LogP contribution is 2.35. The molecule has 1 aliphatic heterocycles. The number of hydrogen-bond acceptors (Lipinski definition) is 2. The molecule has 118 valence electrons. The number of benzene rings is 1. The normalized spacial score (nSPS) is 21.9. The van der Waals surface area contributed by atoms with E-state index in [-0.39, 0.29) is 0 Å². The minimum absolute atomic E-state index is 0.297. The molecule has 5 heteroatoms. The molecule has 0 bridgehead atoms. The topological polar surface area (TPSA) is 24.0 Å². The van der Waals surface area contributed by atoms with Crippen LogP contribution in [0.4, 0.5) is 0 Å². The van der Waals surface area contributed by atoms with Crippen molar-refractivity contribution in [2.75, 3.05) is 6.54 Å². The average Bonchev–Trinajstić information content (AvgIpc) is 2.67. The molecule has 1 unspecified atom stereocenters. The van der Waals surface area contributed by atoms with Crippen molar-refractivity contribution < 1.29 is 0 Å². The molecular weight excluding hydrogens is 314 g/mol. The predicted octanol–water partition coefficient (Wildman–Crippen LogP) is 5.08. The van der Waals surface area contributed by atoms with E-state index >= 15 is 0 Å². The summed E-state index contributed by atoms with van der Waals surface area (Å²) in [5, 5.41) is 0.759. The van der Waals surface area contributed by atoms with Gasteiger partial charge in [-0.2, -0.15) is 0 Å². The van der Waals surface area contributed by atoms with Crippen LogP contribution in [-0.4, -0.2) is 27.0 Å². The lowest BCUT2D eigenvalue weighted by molar-refractivity contribution is 0.165. The highest BCUT2D eigenvalue weighted by molar-refractivity contribution is 7.71. The van der Waals surface area contributed by atoms with Gasteiger partial charge in [-0.05, 0) is 57.6 Å². The molecule has 1 N–H and O–H groups in total. The molecule has 22 heavy (non-hydrogen) atoms. The Bertz CT molecular complexity index is 798. The summed E-state index contributed by atoms with van der Waals surface area (Å²) in [4.78, 5) is 5.81. The second-order valence-electron chi connectivity index (χ2n) is 6.44. The van der Waals surface area contributed by atoms with Crippen molar-refractivity contribution in [3.05, 3.63) is 39.1 Å². The number of halogens is 1. The molecule has 3 nitrogen and oxygen atoms in total. The Morgan fingerprint density at radius 2 is 2.14 bits per heavy atom. The van der Waals surface area contributed by atoms with Crippen molar-refractivity contribution in [1.29, 1.82) is 0 Å². The molecule has 0 radical (unpaired) electrons. The van der Waals surface area contributed by atoms with Crippen LogP contribution in [0.3, 0.4) is 0 Å². The number of rotatable bonds is 2. The first kappa shape index (κ1) is 15.8. The third-order valence-electron chi connectivity index (χ3n) is 4.53. The monoisotopic (exact) mass is 335 g/mol. The van der Waals surface area contributed by atoms with Crippen molar-refractivity contribution in [3.63, 3.8) is 0 Å². The summed E-state index contributed by atoms with van der Waals surface area (Å²) in [6.07, 6.45) is 2.29. The molecule has 2 atom stereocenters. The molecule has 1 aromatic carbocycles. The lowest BCUT2D eigenvalue weighted by Crippen LogP contribution is -2.36. The van der Waals surface area contributed by atoms with E-state index in [0.29, 0.717) is 12.1 Å². The fraction of sp³-hybridized carbons (Fsp3) is 0.471. The smallest absolute Gasteiger partial charge is 0.178 e. The standard InChI is InChI=1S/C17H22ClN3S/c1-10(2)5-6-20-11(3)9-21-16-14(12(20)4)7-13(18)8-15(16)19-17(21)22/h5,7-8,11-12H,6,9H2,1-4H3,(H,19,22)/t11?,12-/m0/s1. The second kappa shape index (κ2) is 5.84. The summed E-state index contributed by atoms with van der Waals surface area (Å²) < 4.78 is 3.00. The molecule has 3 rings (SSSR count). The van der Waals surface area contributed by atoms with Crippen molar-refractivity contribution in [3.8, 4) is 0 Å². The number of imidazole rings is 1. The summed E-state index contributed by atoms with van der Waals surface area (Å²) in [5.74, 6) is 0. The Morgan fingerprint density at radius 3 is 2.82 bits per heavy atom. The molecular formula is C17H22ClN3S. The highest BCUT2D eigenvalue weighted by Gasteiger charge is 2.28. The molecule has 2 aromatic rings. The van der Waals surface area contributed by atoms with E-state index in [2.05, 4.69) is 54.3 Å². The molecule has 0 amide bonds. The number of aromatic amines is 1. The lowest BCUT2D eigenvalue weighted by Gasteiger charge is -2.32. The number of hydrogen-bond donors (Lipinski definition) is 1. The second-order valence-corrected chi connectivity index (χ2v) is 7.26. The zero-order valence-corrected chi connectivity index (χ0v) is 15.1. The van der Waals surface area contributed by atoms with Crippen LogP contribution < -0.4 is 0 Å². The van der Waals surface area contributed by atoms with Gasteiger partial charge in [0.1, 0.15) is 0 Å². The van der Waals surface area contributed by atoms with Gasteiger partial charge in [0.2, 0.25) is 0 Å². The van der Waals surface area contributed by atoms with E-state index < -0.39 is 0 Å². The maximum Gasteiger partial charge on any atom is 0.178 e. The van der Waals surface area contributed by atoms with Crippen LogP contribution in [0.2, 0.25) is 5.02 Å². The van der Waals surface area contributed by atoms with Gasteiger partial charge in [0.15, 0.2) is 4.77 Å². The van der Waals surface area contributed by atoms with Crippen LogP contribution in [0.25, 0.3) is 11.0 Å². The molecule has 0 fully saturated rings. The summed E-state index contributed by atoms with van der Waals surface area (Å²) in [7, 11) is 0. The first-order chi connectivity index (χ1) is 10.4. The van der Waals surface area contributed by atoms with Crippen LogP contribution in [0.15, 0.2) is 23.8 Å². The number of allylic oxidation sites excluding steroid dienone is 1. The number of nitrogens with one attached hydrogen (secondary N) is 1. The van der Waals surface area contributed by atoms with E-state index in [1.807, 2.05) is 6.07 Å². The Labute approximate surface area is 141 Å². The van der Waals surface area contributed by atoms with E-state index in [1.54, 1.807) is 0 Å². The maximum atomic E-state index is 6.32. The zero-order valence-electron chi connectivity index (χ0n) is 13.5. The van der Waals surface area contributed by atoms with Gasteiger partial charge < -0.3 is 9.55 Å². The Balaban J connectivity index is 2.18. The molecule has 1 aliphatic rings. The Morgan fingerprint density at radius 1 is 1.41 bits per heavy atom. The van der Waals surface area contributed by atoms with E-state index in [1.165, 1.54) is 16.7 Å². The van der Waals surface area contributed by atoms with Gasteiger partial charge in [-0.1, -0.05) is 23.3 Å². The molecule has 0 aliphatic carbocycles. The largest absolute Gasteiger partial charge is 0.331 e. The molecule has 0 saturated heterocycles. The van der Waals surface area contributed by atoms with Crippen LogP contribution in [0.1, 0.15) is 39.3 Å². The lowest BCUT2D eigenvalue weighted by atomic mass is 10.0. The maximum absolute atomic E-state index is 6.32. The van der Waals surface area contributed by atoms with Crippen LogP contribution in [-0.2, 0) is 6.54 Å². The summed E-state index contributed by atoms with van der Waals surface area (Å²) >= 11 is 11.8. The van der Waals surface area contributed by atoms with E-state index in [4.69, 9.17) is 23.8 Å². The van der Waals surface area contributed by atoms with Gasteiger partial charge in [0.05, 0.1) is 11.0 Å². The fourth-order valence-corrected chi connectivity index (χ4v) is 3.85. The minimum atomic E-state index is 0.297. The molecule has 1 aromatic heterocycles. The Kier molecular flexibility index (Phi) is 4.19. The quantitative estimate of drug-likeness (QED) is 0.611. The van der Waals surface area contributed by atoms with Gasteiger partial charge in [-0.3, -0.25) is 4.90 Å². The van der Waals surface area contributed by atoms with Gasteiger partial charge in [0, 0.05) is 30.2 Å². The van der Waals surface area contributed by atoms with Crippen LogP contribution in [0, 0.1) is 4.77 Å². The van der Waals surface area contributed by atoms with E-state index in [0.717, 1.165) is 28.4 Å². The molecule has 0 spiro atoms. The van der Waals surface area contributed by atoms with Crippen LogP contribution in [0.5, 0.6) is 0 Å². The SMILES string of the molecule is CC(C)=CCN1C(C)Cn2c(=S)[nH]c3cc(Cl)cc(c32)[C@@H]1C. The zero-order chi connectivity index (χ0) is 16.0. The van der Waals surface area contributed by atoms with Gasteiger partial charge in [-0.25, -0.2) is 0 Å². The fourth-order valence-electron chi connectivity index (χ4n) is 3.35. The molecule has 0 saturated carbocycles. The van der Waals surface area contributed by atoms with Gasteiger partial charge in [0.25, 0.3) is 0 Å². The summed E-state index contributed by atoms with van der Waals surface area (Å²) in [5.41, 5.74) is 4.84. The first-order valence-corrected chi connectivity index (χ1v) is 8.48. The first-order valence-electron chi connectivity index (χ1n) is 7.69. The van der Waals surface area contributed by atoms with E-state index in [9.17, 15) is 0 Å². The summed E-state index contributed by atoms with van der Waals surface area (Å²) in [6, 6.07) is 4.75. The van der Waals surface area contributed by atoms with Crippen molar-refractivity contribution >= 4 is 34.9 Å². The van der Waals surface area contributed by atoms with Crippen molar-refractivity contribution in [2.45, 2.75) is 46.3 Å². The van der Waals surface area contributed by atoms with Crippen molar-refractivity contribution in [1.82, 2.24) is 14.5 Å². The van der Waals surface area contributed by atoms with Gasteiger partial charge in [-0.15, -0.1) is 0 Å². The summed E-state index contributed by atoms with van der Waals surface area (Å²) in [6.45, 7) is 10.7. The van der Waals surface area contributed by atoms with Crippen molar-refractivity contribution in [2.24, 2.45) is 0 Å². The third kappa shape index (κ3) is 2.64. The average molecular weight is 336 g/mol. The molecule has 2 heterocycles. The Hall–Kier alpha value is -1.10. The predicted molar refractivity (Wildman–Crippen MR) is 96.1 cm³/mol. The number of aromatic nitrogens is 2. The van der Waals surface area contributed by atoms with Gasteiger partial charge >= 0.3 is 0 Å².